The lowest BCUT2D eigenvalue weighted by Gasteiger charge is -2.16. The van der Waals surface area contributed by atoms with Crippen molar-refractivity contribution in [1.29, 1.82) is 0 Å². The fraction of sp³-hybridized carbons (Fsp3) is 0.294. The van der Waals surface area contributed by atoms with Gasteiger partial charge in [-0.05, 0) is 48.6 Å². The van der Waals surface area contributed by atoms with Crippen molar-refractivity contribution in [3.63, 3.8) is 0 Å². The molecule has 1 aromatic heterocycles. The molecule has 0 radical (unpaired) electrons. The van der Waals surface area contributed by atoms with Gasteiger partial charge in [-0.1, -0.05) is 29.8 Å². The summed E-state index contributed by atoms with van der Waals surface area (Å²) in [7, 11) is 0. The molecule has 108 valence electrons. The van der Waals surface area contributed by atoms with Crippen molar-refractivity contribution in [1.82, 2.24) is 10.3 Å². The van der Waals surface area contributed by atoms with Crippen LogP contribution in [0.15, 0.2) is 48.8 Å². The number of hydrogen-bond acceptors (Lipinski definition) is 2. The van der Waals surface area contributed by atoms with Gasteiger partial charge >= 0.3 is 0 Å². The topological polar surface area (TPSA) is 42.0 Å². The molecule has 1 heterocycles. The van der Waals surface area contributed by atoms with Gasteiger partial charge in [-0.3, -0.25) is 9.78 Å². The Balaban J connectivity index is 1.59. The largest absolute Gasteiger partial charge is 0.355 e. The molecule has 3 rings (SSSR count). The zero-order chi connectivity index (χ0) is 14.7. The van der Waals surface area contributed by atoms with Crippen molar-refractivity contribution in [3.05, 3.63) is 64.9 Å². The molecule has 0 aliphatic heterocycles. The Labute approximate surface area is 129 Å². The van der Waals surface area contributed by atoms with E-state index in [0.717, 1.165) is 30.4 Å². The highest BCUT2D eigenvalue weighted by Crippen LogP contribution is 2.48. The number of hydrogen-bond donors (Lipinski definition) is 1. The van der Waals surface area contributed by atoms with Gasteiger partial charge in [0, 0.05) is 24.0 Å². The van der Waals surface area contributed by atoms with Gasteiger partial charge in [0.05, 0.1) is 5.41 Å². The highest BCUT2D eigenvalue weighted by Gasteiger charge is 2.50. The van der Waals surface area contributed by atoms with E-state index in [4.69, 9.17) is 11.6 Å². The van der Waals surface area contributed by atoms with Crippen LogP contribution >= 0.6 is 11.6 Å². The number of carbonyl (C=O) groups excluding carboxylic acids is 1. The molecule has 1 fully saturated rings. The van der Waals surface area contributed by atoms with Gasteiger partial charge in [-0.15, -0.1) is 0 Å². The minimum absolute atomic E-state index is 0.119. The minimum atomic E-state index is -0.334. The number of pyridine rings is 1. The number of benzene rings is 1. The van der Waals surface area contributed by atoms with Crippen LogP contribution in [0.3, 0.4) is 0 Å². The first kappa shape index (κ1) is 14.1. The Hall–Kier alpha value is -1.87. The van der Waals surface area contributed by atoms with E-state index in [1.807, 2.05) is 42.6 Å². The van der Waals surface area contributed by atoms with E-state index in [1.165, 1.54) is 0 Å². The molecule has 0 spiro atoms. The van der Waals surface area contributed by atoms with Crippen LogP contribution in [0.25, 0.3) is 0 Å². The molecule has 0 unspecified atom stereocenters. The third-order valence-electron chi connectivity index (χ3n) is 4.00. The average Bonchev–Trinajstić information content (AvgIpc) is 3.31. The molecule has 3 nitrogen and oxygen atoms in total. The Kier molecular flexibility index (Phi) is 3.93. The molecule has 1 aliphatic rings. The molecule has 1 aromatic carbocycles. The molecule has 1 N–H and O–H groups in total. The summed E-state index contributed by atoms with van der Waals surface area (Å²) < 4.78 is 0. The normalized spacial score (nSPS) is 15.5. The number of halogens is 1. The maximum absolute atomic E-state index is 12.4. The van der Waals surface area contributed by atoms with Crippen LogP contribution in [0.4, 0.5) is 0 Å². The smallest absolute Gasteiger partial charge is 0.230 e. The van der Waals surface area contributed by atoms with Crippen LogP contribution in [-0.4, -0.2) is 17.4 Å². The second-order valence-electron chi connectivity index (χ2n) is 5.46. The molecule has 0 saturated heterocycles. The highest BCUT2D eigenvalue weighted by atomic mass is 35.5. The molecule has 1 amide bonds. The molecular formula is C17H17ClN2O. The maximum Gasteiger partial charge on any atom is 0.230 e. The van der Waals surface area contributed by atoms with Crippen molar-refractivity contribution in [2.75, 3.05) is 6.54 Å². The third-order valence-corrected chi connectivity index (χ3v) is 4.26. The number of carbonyl (C=O) groups is 1. The van der Waals surface area contributed by atoms with E-state index >= 15 is 0 Å². The summed E-state index contributed by atoms with van der Waals surface area (Å²) in [5.74, 6) is 0.119. The Morgan fingerprint density at radius 3 is 2.62 bits per heavy atom. The van der Waals surface area contributed by atoms with Crippen LogP contribution in [-0.2, 0) is 16.6 Å². The standard InChI is InChI=1S/C17H17ClN2O/c18-15-5-3-14(4-6-15)17(8-9-17)16(21)20-11-7-13-2-1-10-19-12-13/h1-6,10,12H,7-9,11H2,(H,20,21). The van der Waals surface area contributed by atoms with Crippen molar-refractivity contribution < 1.29 is 4.79 Å². The molecule has 0 atom stereocenters. The van der Waals surface area contributed by atoms with Gasteiger partial charge in [-0.25, -0.2) is 0 Å². The lowest BCUT2D eigenvalue weighted by molar-refractivity contribution is -0.123. The number of amides is 1. The van der Waals surface area contributed by atoms with Gasteiger partial charge in [0.1, 0.15) is 0 Å². The second-order valence-corrected chi connectivity index (χ2v) is 5.89. The average molecular weight is 301 g/mol. The van der Waals surface area contributed by atoms with Crippen molar-refractivity contribution in [2.24, 2.45) is 0 Å². The summed E-state index contributed by atoms with van der Waals surface area (Å²) in [6, 6.07) is 11.5. The van der Waals surface area contributed by atoms with Crippen LogP contribution in [0, 0.1) is 0 Å². The van der Waals surface area contributed by atoms with Gasteiger partial charge < -0.3 is 5.32 Å². The van der Waals surface area contributed by atoms with Crippen LogP contribution in [0.2, 0.25) is 5.02 Å². The Morgan fingerprint density at radius 1 is 1.24 bits per heavy atom. The molecule has 2 aromatic rings. The summed E-state index contributed by atoms with van der Waals surface area (Å²) >= 11 is 5.91. The Morgan fingerprint density at radius 2 is 2.00 bits per heavy atom. The minimum Gasteiger partial charge on any atom is -0.355 e. The summed E-state index contributed by atoms with van der Waals surface area (Å²) in [6.45, 7) is 0.639. The molecular weight excluding hydrogens is 284 g/mol. The van der Waals surface area contributed by atoms with E-state index in [1.54, 1.807) is 6.20 Å². The molecule has 21 heavy (non-hydrogen) atoms. The van der Waals surface area contributed by atoms with Gasteiger partial charge in [-0.2, -0.15) is 0 Å². The zero-order valence-corrected chi connectivity index (χ0v) is 12.4. The summed E-state index contributed by atoms with van der Waals surface area (Å²) in [5.41, 5.74) is 1.86. The molecule has 0 bridgehead atoms. The van der Waals surface area contributed by atoms with E-state index in [-0.39, 0.29) is 11.3 Å². The Bertz CT molecular complexity index is 621. The lowest BCUT2D eigenvalue weighted by atomic mass is 9.95. The van der Waals surface area contributed by atoms with Gasteiger partial charge in [0.25, 0.3) is 0 Å². The predicted molar refractivity (Wildman–Crippen MR) is 83.3 cm³/mol. The monoisotopic (exact) mass is 300 g/mol. The van der Waals surface area contributed by atoms with Crippen molar-refractivity contribution >= 4 is 17.5 Å². The number of nitrogens with one attached hydrogen (secondary N) is 1. The lowest BCUT2D eigenvalue weighted by Crippen LogP contribution is -2.35. The van der Waals surface area contributed by atoms with Gasteiger partial charge in [0.15, 0.2) is 0 Å². The van der Waals surface area contributed by atoms with Crippen LogP contribution in [0.5, 0.6) is 0 Å². The van der Waals surface area contributed by atoms with E-state index < -0.39 is 0 Å². The number of aromatic nitrogens is 1. The fourth-order valence-corrected chi connectivity index (χ4v) is 2.70. The van der Waals surface area contributed by atoms with E-state index in [9.17, 15) is 4.79 Å². The molecule has 4 heteroatoms. The number of rotatable bonds is 5. The first-order valence-corrected chi connectivity index (χ1v) is 7.52. The molecule has 1 aliphatic carbocycles. The predicted octanol–water partition coefficient (Wildman–Crippen LogP) is 3.13. The first-order valence-electron chi connectivity index (χ1n) is 7.14. The van der Waals surface area contributed by atoms with Crippen LogP contribution in [0.1, 0.15) is 24.0 Å². The zero-order valence-electron chi connectivity index (χ0n) is 11.7. The van der Waals surface area contributed by atoms with Crippen molar-refractivity contribution in [2.45, 2.75) is 24.7 Å². The molecule has 1 saturated carbocycles. The van der Waals surface area contributed by atoms with E-state index in [0.29, 0.717) is 11.6 Å². The van der Waals surface area contributed by atoms with Gasteiger partial charge in [0.2, 0.25) is 5.91 Å². The summed E-state index contributed by atoms with van der Waals surface area (Å²) in [6.07, 6.45) is 6.21. The SMILES string of the molecule is O=C(NCCc1cccnc1)C1(c2ccc(Cl)cc2)CC1. The highest BCUT2D eigenvalue weighted by molar-refractivity contribution is 6.30. The third kappa shape index (κ3) is 3.08. The van der Waals surface area contributed by atoms with E-state index in [2.05, 4.69) is 10.3 Å². The second kappa shape index (κ2) is 5.86. The quantitative estimate of drug-likeness (QED) is 0.922. The summed E-state index contributed by atoms with van der Waals surface area (Å²) in [5, 5.41) is 3.75. The first-order chi connectivity index (χ1) is 10.2. The fourth-order valence-electron chi connectivity index (χ4n) is 2.58. The maximum atomic E-state index is 12.4. The summed E-state index contributed by atoms with van der Waals surface area (Å²) in [4.78, 5) is 16.5. The number of nitrogens with zero attached hydrogens (tertiary/aromatic N) is 1. The van der Waals surface area contributed by atoms with Crippen molar-refractivity contribution in [3.8, 4) is 0 Å². The van der Waals surface area contributed by atoms with Crippen LogP contribution < -0.4 is 5.32 Å².